The highest BCUT2D eigenvalue weighted by atomic mass is 19.2. The van der Waals surface area contributed by atoms with Crippen molar-refractivity contribution in [2.45, 2.75) is 19.4 Å². The number of benzene rings is 2. The van der Waals surface area contributed by atoms with Crippen LogP contribution in [0.25, 0.3) is 0 Å². The van der Waals surface area contributed by atoms with Gasteiger partial charge in [-0.1, -0.05) is 12.1 Å². The summed E-state index contributed by atoms with van der Waals surface area (Å²) in [5.41, 5.74) is 1.42. The number of hydrogen-bond acceptors (Lipinski definition) is 2. The molecule has 1 heterocycles. The average molecular weight is 330 g/mol. The van der Waals surface area contributed by atoms with Crippen molar-refractivity contribution in [2.24, 2.45) is 0 Å². The second kappa shape index (κ2) is 6.78. The highest BCUT2D eigenvalue weighted by Crippen LogP contribution is 2.17. The third-order valence-electron chi connectivity index (χ3n) is 3.91. The Bertz CT molecular complexity index is 792. The van der Waals surface area contributed by atoms with Gasteiger partial charge in [-0.25, -0.2) is 8.78 Å². The molecule has 0 atom stereocenters. The highest BCUT2D eigenvalue weighted by Gasteiger charge is 2.20. The minimum atomic E-state index is -1.02. The minimum absolute atomic E-state index is 0.117. The van der Waals surface area contributed by atoms with E-state index in [1.54, 1.807) is 23.1 Å². The molecule has 1 saturated heterocycles. The molecule has 1 aliphatic rings. The van der Waals surface area contributed by atoms with Crippen molar-refractivity contribution in [3.63, 3.8) is 0 Å². The predicted molar refractivity (Wildman–Crippen MR) is 85.4 cm³/mol. The molecule has 0 radical (unpaired) electrons. The fourth-order valence-electron chi connectivity index (χ4n) is 2.68. The van der Waals surface area contributed by atoms with Crippen molar-refractivity contribution in [2.75, 3.05) is 11.9 Å². The van der Waals surface area contributed by atoms with E-state index in [0.717, 1.165) is 30.7 Å². The molecule has 0 aromatic heterocycles. The van der Waals surface area contributed by atoms with Crippen molar-refractivity contribution in [1.82, 2.24) is 4.90 Å². The molecule has 1 fully saturated rings. The van der Waals surface area contributed by atoms with Crippen LogP contribution in [0.4, 0.5) is 14.5 Å². The number of nitrogens with one attached hydrogen (secondary N) is 1. The quantitative estimate of drug-likeness (QED) is 0.935. The Labute approximate surface area is 138 Å². The zero-order valence-electron chi connectivity index (χ0n) is 12.9. The molecule has 2 aromatic carbocycles. The van der Waals surface area contributed by atoms with E-state index < -0.39 is 17.5 Å². The number of carbonyl (C=O) groups excluding carboxylic acids is 2. The van der Waals surface area contributed by atoms with Crippen LogP contribution in [0.2, 0.25) is 0 Å². The molecule has 4 nitrogen and oxygen atoms in total. The van der Waals surface area contributed by atoms with Crippen molar-refractivity contribution in [3.8, 4) is 0 Å². The molecule has 2 aromatic rings. The summed E-state index contributed by atoms with van der Waals surface area (Å²) in [5, 5.41) is 2.53. The number of carbonyl (C=O) groups is 2. The minimum Gasteiger partial charge on any atom is -0.338 e. The maximum atomic E-state index is 13.2. The molecule has 1 N–H and O–H groups in total. The Morgan fingerprint density at radius 3 is 2.67 bits per heavy atom. The van der Waals surface area contributed by atoms with Crippen molar-refractivity contribution >= 4 is 17.5 Å². The predicted octanol–water partition coefficient (Wildman–Crippen LogP) is 3.34. The van der Waals surface area contributed by atoms with Crippen LogP contribution >= 0.6 is 0 Å². The molecular formula is C18H16F2N2O2. The molecule has 2 amide bonds. The lowest BCUT2D eigenvalue weighted by atomic mass is 10.1. The summed E-state index contributed by atoms with van der Waals surface area (Å²) in [6.07, 6.45) is 1.42. The molecule has 3 rings (SSSR count). The molecule has 24 heavy (non-hydrogen) atoms. The van der Waals surface area contributed by atoms with Gasteiger partial charge in [0.1, 0.15) is 0 Å². The highest BCUT2D eigenvalue weighted by molar-refractivity contribution is 6.04. The Morgan fingerprint density at radius 2 is 1.96 bits per heavy atom. The van der Waals surface area contributed by atoms with E-state index in [1.165, 1.54) is 6.07 Å². The zero-order valence-corrected chi connectivity index (χ0v) is 12.9. The maximum absolute atomic E-state index is 13.2. The number of rotatable bonds is 4. The van der Waals surface area contributed by atoms with Crippen molar-refractivity contribution in [3.05, 3.63) is 65.2 Å². The molecule has 0 aliphatic carbocycles. The van der Waals surface area contributed by atoms with Gasteiger partial charge in [0.05, 0.1) is 0 Å². The van der Waals surface area contributed by atoms with Gasteiger partial charge in [-0.15, -0.1) is 0 Å². The van der Waals surface area contributed by atoms with E-state index in [2.05, 4.69) is 5.32 Å². The van der Waals surface area contributed by atoms with Crippen LogP contribution in [-0.4, -0.2) is 23.3 Å². The van der Waals surface area contributed by atoms with Crippen LogP contribution in [0.5, 0.6) is 0 Å². The third-order valence-corrected chi connectivity index (χ3v) is 3.91. The Kier molecular flexibility index (Phi) is 4.55. The Morgan fingerprint density at radius 1 is 1.12 bits per heavy atom. The van der Waals surface area contributed by atoms with E-state index in [1.807, 2.05) is 6.07 Å². The Balaban J connectivity index is 1.71. The van der Waals surface area contributed by atoms with Crippen LogP contribution in [0.3, 0.4) is 0 Å². The van der Waals surface area contributed by atoms with E-state index in [9.17, 15) is 18.4 Å². The fourth-order valence-corrected chi connectivity index (χ4v) is 2.68. The van der Waals surface area contributed by atoms with Gasteiger partial charge < -0.3 is 10.2 Å². The van der Waals surface area contributed by atoms with Crippen LogP contribution in [0, 0.1) is 11.6 Å². The van der Waals surface area contributed by atoms with Gasteiger partial charge in [0.15, 0.2) is 11.6 Å². The molecule has 0 spiro atoms. The SMILES string of the molecule is O=C(Nc1ccc(F)c(F)c1)c1cccc(CN2CCCC2=O)c1. The van der Waals surface area contributed by atoms with Gasteiger partial charge in [-0.3, -0.25) is 9.59 Å². The second-order valence-electron chi connectivity index (χ2n) is 5.70. The summed E-state index contributed by atoms with van der Waals surface area (Å²) in [7, 11) is 0. The first-order valence-electron chi connectivity index (χ1n) is 7.66. The molecule has 0 bridgehead atoms. The Hall–Kier alpha value is -2.76. The molecule has 1 aliphatic heterocycles. The largest absolute Gasteiger partial charge is 0.338 e. The van der Waals surface area contributed by atoms with Crippen molar-refractivity contribution < 1.29 is 18.4 Å². The number of halogens is 2. The van der Waals surface area contributed by atoms with E-state index in [4.69, 9.17) is 0 Å². The summed E-state index contributed by atoms with van der Waals surface area (Å²) >= 11 is 0. The number of amides is 2. The first-order valence-corrected chi connectivity index (χ1v) is 7.66. The standard InChI is InChI=1S/C18H16F2N2O2/c19-15-7-6-14(10-16(15)20)21-18(24)13-4-1-3-12(9-13)11-22-8-2-5-17(22)23/h1,3-4,6-7,9-10H,2,5,8,11H2,(H,21,24). The monoisotopic (exact) mass is 330 g/mol. The number of hydrogen-bond donors (Lipinski definition) is 1. The number of nitrogens with zero attached hydrogens (tertiary/aromatic N) is 1. The number of likely N-dealkylation sites (tertiary alicyclic amines) is 1. The lowest BCUT2D eigenvalue weighted by Gasteiger charge is -2.16. The molecule has 6 heteroatoms. The van der Waals surface area contributed by atoms with E-state index in [0.29, 0.717) is 18.5 Å². The summed E-state index contributed by atoms with van der Waals surface area (Å²) in [6, 6.07) is 10.1. The molecular weight excluding hydrogens is 314 g/mol. The first-order chi connectivity index (χ1) is 11.5. The van der Waals surface area contributed by atoms with Crippen molar-refractivity contribution in [1.29, 1.82) is 0 Å². The van der Waals surface area contributed by atoms with E-state index >= 15 is 0 Å². The lowest BCUT2D eigenvalue weighted by molar-refractivity contribution is -0.128. The van der Waals surface area contributed by atoms with Gasteiger partial charge in [0.25, 0.3) is 5.91 Å². The first kappa shape index (κ1) is 16.1. The zero-order chi connectivity index (χ0) is 17.1. The molecule has 0 unspecified atom stereocenters. The fraction of sp³-hybridized carbons (Fsp3) is 0.222. The number of anilines is 1. The molecule has 0 saturated carbocycles. The average Bonchev–Trinajstić information content (AvgIpc) is 2.96. The third kappa shape index (κ3) is 3.59. The van der Waals surface area contributed by atoms with Gasteiger partial charge >= 0.3 is 0 Å². The summed E-state index contributed by atoms with van der Waals surface area (Å²) in [6.45, 7) is 1.19. The maximum Gasteiger partial charge on any atom is 0.255 e. The van der Waals surface area contributed by atoms with Gasteiger partial charge in [0, 0.05) is 36.8 Å². The van der Waals surface area contributed by atoms with Crippen LogP contribution in [0.1, 0.15) is 28.8 Å². The van der Waals surface area contributed by atoms with Crippen LogP contribution < -0.4 is 5.32 Å². The molecule has 124 valence electrons. The van der Waals surface area contributed by atoms with Gasteiger partial charge in [0.2, 0.25) is 5.91 Å². The lowest BCUT2D eigenvalue weighted by Crippen LogP contribution is -2.24. The van der Waals surface area contributed by atoms with E-state index in [-0.39, 0.29) is 11.6 Å². The topological polar surface area (TPSA) is 49.4 Å². The van der Waals surface area contributed by atoms with Gasteiger partial charge in [-0.05, 0) is 36.2 Å². The second-order valence-corrected chi connectivity index (χ2v) is 5.70. The van der Waals surface area contributed by atoms with Crippen LogP contribution in [0.15, 0.2) is 42.5 Å². The normalized spacial score (nSPS) is 14.1. The summed E-state index contributed by atoms with van der Waals surface area (Å²) in [5.74, 6) is -2.29. The van der Waals surface area contributed by atoms with Crippen LogP contribution in [-0.2, 0) is 11.3 Å². The summed E-state index contributed by atoms with van der Waals surface area (Å²) < 4.78 is 26.1. The van der Waals surface area contributed by atoms with Gasteiger partial charge in [-0.2, -0.15) is 0 Å². The summed E-state index contributed by atoms with van der Waals surface area (Å²) in [4.78, 5) is 25.7. The smallest absolute Gasteiger partial charge is 0.255 e.